The van der Waals surface area contributed by atoms with E-state index in [1.165, 1.54) is 18.2 Å². The summed E-state index contributed by atoms with van der Waals surface area (Å²) in [7, 11) is -2.33. The van der Waals surface area contributed by atoms with E-state index < -0.39 is 28.3 Å². The highest BCUT2D eigenvalue weighted by Gasteiger charge is 2.23. The molecule has 2 aromatic carbocycles. The van der Waals surface area contributed by atoms with Crippen LogP contribution in [-0.2, 0) is 21.4 Å². The molecule has 1 amide bonds. The normalized spacial score (nSPS) is 11.2. The van der Waals surface area contributed by atoms with Gasteiger partial charge in [0.15, 0.2) is 0 Å². The monoisotopic (exact) mass is 434 g/mol. The second-order valence-corrected chi connectivity index (χ2v) is 8.14. The molecule has 0 unspecified atom stereocenters. The van der Waals surface area contributed by atoms with Crippen LogP contribution in [-0.4, -0.2) is 44.4 Å². The van der Waals surface area contributed by atoms with Crippen molar-refractivity contribution in [1.82, 2.24) is 15.5 Å². The number of sulfonamides is 1. The molecule has 0 saturated heterocycles. The van der Waals surface area contributed by atoms with Crippen molar-refractivity contribution in [3.63, 3.8) is 0 Å². The smallest absolute Gasteiger partial charge is 0.246 e. The van der Waals surface area contributed by atoms with E-state index in [0.29, 0.717) is 21.4 Å². The Morgan fingerprint density at radius 1 is 1.20 bits per heavy atom. The Kier molecular flexibility index (Phi) is 6.31. The molecule has 0 aliphatic carbocycles. The SMILES string of the molecule is COc1ccc(-c2noc(CNC(=O)CN(c3ccccc3F)S(C)(=O)=O)n2)cc1. The standard InChI is InChI=1S/C19H19FN4O5S/c1-28-14-9-7-13(8-10-14)19-22-18(29-23-19)11-21-17(25)12-24(30(2,26)27)16-6-4-3-5-15(16)20/h3-10H,11-12H2,1-2H3,(H,21,25). The topological polar surface area (TPSA) is 115 Å². The summed E-state index contributed by atoms with van der Waals surface area (Å²) in [6.07, 6.45) is 0.895. The summed E-state index contributed by atoms with van der Waals surface area (Å²) >= 11 is 0. The third-order valence-corrected chi connectivity index (χ3v) is 5.19. The average molecular weight is 434 g/mol. The number of anilines is 1. The minimum atomic E-state index is -3.89. The molecule has 158 valence electrons. The lowest BCUT2D eigenvalue weighted by molar-refractivity contribution is -0.119. The zero-order chi connectivity index (χ0) is 21.7. The van der Waals surface area contributed by atoms with Crippen molar-refractivity contribution in [2.45, 2.75) is 6.54 Å². The van der Waals surface area contributed by atoms with Crippen molar-refractivity contribution in [3.05, 3.63) is 60.2 Å². The van der Waals surface area contributed by atoms with Gasteiger partial charge in [0, 0.05) is 5.56 Å². The van der Waals surface area contributed by atoms with E-state index in [4.69, 9.17) is 9.26 Å². The van der Waals surface area contributed by atoms with E-state index in [0.717, 1.165) is 12.3 Å². The van der Waals surface area contributed by atoms with Crippen LogP contribution >= 0.6 is 0 Å². The summed E-state index contributed by atoms with van der Waals surface area (Å²) in [5.41, 5.74) is 0.481. The number of benzene rings is 2. The third kappa shape index (κ3) is 5.11. The van der Waals surface area contributed by atoms with Crippen LogP contribution < -0.4 is 14.4 Å². The second kappa shape index (κ2) is 8.91. The maximum atomic E-state index is 14.0. The number of nitrogens with one attached hydrogen (secondary N) is 1. The summed E-state index contributed by atoms with van der Waals surface area (Å²) in [4.78, 5) is 16.4. The van der Waals surface area contributed by atoms with Crippen LogP contribution in [0.15, 0.2) is 53.1 Å². The van der Waals surface area contributed by atoms with Crippen LogP contribution in [0.1, 0.15) is 5.89 Å². The molecule has 0 radical (unpaired) electrons. The Morgan fingerprint density at radius 3 is 2.53 bits per heavy atom. The number of aromatic nitrogens is 2. The molecule has 0 saturated carbocycles. The number of methoxy groups -OCH3 is 1. The van der Waals surface area contributed by atoms with Gasteiger partial charge in [0.25, 0.3) is 0 Å². The van der Waals surface area contributed by atoms with Crippen LogP contribution in [0.3, 0.4) is 0 Å². The van der Waals surface area contributed by atoms with Crippen molar-refractivity contribution >= 4 is 21.6 Å². The number of para-hydroxylation sites is 1. The first kappa shape index (κ1) is 21.2. The van der Waals surface area contributed by atoms with E-state index in [9.17, 15) is 17.6 Å². The van der Waals surface area contributed by atoms with E-state index in [1.807, 2.05) is 0 Å². The van der Waals surface area contributed by atoms with E-state index in [2.05, 4.69) is 15.5 Å². The van der Waals surface area contributed by atoms with Gasteiger partial charge in [-0.3, -0.25) is 9.10 Å². The van der Waals surface area contributed by atoms with Gasteiger partial charge >= 0.3 is 0 Å². The maximum Gasteiger partial charge on any atom is 0.246 e. The minimum absolute atomic E-state index is 0.114. The molecule has 0 aliphatic heterocycles. The highest BCUT2D eigenvalue weighted by Crippen LogP contribution is 2.21. The number of halogens is 1. The lowest BCUT2D eigenvalue weighted by atomic mass is 10.2. The number of ether oxygens (including phenoxy) is 1. The molecule has 0 bridgehead atoms. The van der Waals surface area contributed by atoms with Crippen LogP contribution in [0.25, 0.3) is 11.4 Å². The first-order valence-corrected chi connectivity index (χ1v) is 10.6. The Labute approximate surface area is 172 Å². The maximum absolute atomic E-state index is 14.0. The number of nitrogens with zero attached hydrogens (tertiary/aromatic N) is 3. The molecule has 1 aromatic heterocycles. The first-order chi connectivity index (χ1) is 14.3. The molecule has 0 fully saturated rings. The van der Waals surface area contributed by atoms with E-state index in [1.54, 1.807) is 31.4 Å². The van der Waals surface area contributed by atoms with Gasteiger partial charge < -0.3 is 14.6 Å². The molecule has 0 aliphatic rings. The summed E-state index contributed by atoms with van der Waals surface area (Å²) in [6, 6.07) is 12.3. The Balaban J connectivity index is 1.65. The van der Waals surface area contributed by atoms with Gasteiger partial charge in [0.2, 0.25) is 27.6 Å². The van der Waals surface area contributed by atoms with Crippen LogP contribution in [0.2, 0.25) is 0 Å². The third-order valence-electron chi connectivity index (χ3n) is 4.06. The Bertz CT molecular complexity index is 1130. The number of hydrogen-bond acceptors (Lipinski definition) is 7. The summed E-state index contributed by atoms with van der Waals surface area (Å²) in [5.74, 6) is -0.276. The fourth-order valence-electron chi connectivity index (χ4n) is 2.58. The zero-order valence-electron chi connectivity index (χ0n) is 16.2. The van der Waals surface area contributed by atoms with Gasteiger partial charge in [0.05, 0.1) is 25.6 Å². The quantitative estimate of drug-likeness (QED) is 0.576. The highest BCUT2D eigenvalue weighted by molar-refractivity contribution is 7.92. The number of carbonyl (C=O) groups is 1. The largest absolute Gasteiger partial charge is 0.497 e. The van der Waals surface area contributed by atoms with Crippen LogP contribution in [0.4, 0.5) is 10.1 Å². The van der Waals surface area contributed by atoms with Crippen molar-refractivity contribution in [2.24, 2.45) is 0 Å². The predicted molar refractivity (Wildman–Crippen MR) is 107 cm³/mol. The van der Waals surface area contributed by atoms with Gasteiger partial charge in [-0.1, -0.05) is 17.3 Å². The van der Waals surface area contributed by atoms with Crippen molar-refractivity contribution in [1.29, 1.82) is 0 Å². The molecule has 9 nitrogen and oxygen atoms in total. The van der Waals surface area contributed by atoms with Crippen LogP contribution in [0.5, 0.6) is 5.75 Å². The van der Waals surface area contributed by atoms with Gasteiger partial charge in [-0.15, -0.1) is 0 Å². The molecule has 30 heavy (non-hydrogen) atoms. The molecule has 1 N–H and O–H groups in total. The van der Waals surface area contributed by atoms with E-state index >= 15 is 0 Å². The van der Waals surface area contributed by atoms with Gasteiger partial charge in [-0.05, 0) is 36.4 Å². The van der Waals surface area contributed by atoms with Crippen molar-refractivity contribution < 1.29 is 26.9 Å². The number of amides is 1. The number of carbonyl (C=O) groups excluding carboxylic acids is 1. The Hall–Kier alpha value is -3.47. The second-order valence-electron chi connectivity index (χ2n) is 6.24. The molecular weight excluding hydrogens is 415 g/mol. The van der Waals surface area contributed by atoms with Crippen LogP contribution in [0, 0.1) is 5.82 Å². The summed E-state index contributed by atoms with van der Waals surface area (Å²) in [6.45, 7) is -0.712. The fourth-order valence-corrected chi connectivity index (χ4v) is 3.44. The molecule has 3 aromatic rings. The predicted octanol–water partition coefficient (Wildman–Crippen LogP) is 1.97. The van der Waals surface area contributed by atoms with Crippen molar-refractivity contribution in [2.75, 3.05) is 24.2 Å². The molecule has 1 heterocycles. The number of rotatable bonds is 8. The molecule has 3 rings (SSSR count). The molecule has 0 spiro atoms. The summed E-state index contributed by atoms with van der Waals surface area (Å²) in [5, 5.41) is 6.34. The fraction of sp³-hybridized carbons (Fsp3) is 0.211. The van der Waals surface area contributed by atoms with Crippen molar-refractivity contribution in [3.8, 4) is 17.1 Å². The summed E-state index contributed by atoms with van der Waals surface area (Å²) < 4.78 is 48.9. The molecular formula is C19H19FN4O5S. The Morgan fingerprint density at radius 2 is 1.90 bits per heavy atom. The lowest BCUT2D eigenvalue weighted by Crippen LogP contribution is -2.40. The van der Waals surface area contributed by atoms with Gasteiger partial charge in [0.1, 0.15) is 18.1 Å². The lowest BCUT2D eigenvalue weighted by Gasteiger charge is -2.22. The van der Waals surface area contributed by atoms with E-state index in [-0.39, 0.29) is 18.1 Å². The van der Waals surface area contributed by atoms with Gasteiger partial charge in [-0.2, -0.15) is 4.98 Å². The number of hydrogen-bond donors (Lipinski definition) is 1. The highest BCUT2D eigenvalue weighted by atomic mass is 32.2. The van der Waals surface area contributed by atoms with Gasteiger partial charge in [-0.25, -0.2) is 12.8 Å². The first-order valence-electron chi connectivity index (χ1n) is 8.74. The minimum Gasteiger partial charge on any atom is -0.497 e. The zero-order valence-corrected chi connectivity index (χ0v) is 17.0. The average Bonchev–Trinajstić information content (AvgIpc) is 3.19. The molecule has 11 heteroatoms. The molecule has 0 atom stereocenters.